The molecule has 0 saturated carbocycles. The molecule has 1 aromatic carbocycles. The lowest BCUT2D eigenvalue weighted by molar-refractivity contribution is 0.0941. The number of rotatable bonds is 5. The van der Waals surface area contributed by atoms with E-state index in [1.165, 1.54) is 11.8 Å². The maximum atomic E-state index is 11.9. The average Bonchev–Trinajstić information content (AvgIpc) is 3.27. The lowest BCUT2D eigenvalue weighted by Gasteiger charge is -2.10. The lowest BCUT2D eigenvalue weighted by Crippen LogP contribution is -2.24. The second-order valence-electron chi connectivity index (χ2n) is 5.42. The summed E-state index contributed by atoms with van der Waals surface area (Å²) in [6.07, 6.45) is 2.11. The van der Waals surface area contributed by atoms with Gasteiger partial charge in [-0.3, -0.25) is 4.57 Å². The summed E-state index contributed by atoms with van der Waals surface area (Å²) in [7, 11) is 0. The third kappa shape index (κ3) is 3.04. The van der Waals surface area contributed by atoms with Crippen molar-refractivity contribution in [3.63, 3.8) is 0 Å². The largest absolute Gasteiger partial charge is 0.440 e. The zero-order chi connectivity index (χ0) is 15.6. The third-order valence-electron chi connectivity index (χ3n) is 3.80. The van der Waals surface area contributed by atoms with Crippen LogP contribution in [-0.2, 0) is 17.0 Å². The van der Waals surface area contributed by atoms with Crippen molar-refractivity contribution in [3.8, 4) is 0 Å². The first-order valence-corrected chi connectivity index (χ1v) is 8.52. The second-order valence-corrected chi connectivity index (χ2v) is 6.36. The molecule has 2 aromatic heterocycles. The summed E-state index contributed by atoms with van der Waals surface area (Å²) in [5, 5.41) is 7.23. The van der Waals surface area contributed by atoms with Gasteiger partial charge < -0.3 is 9.15 Å². The number of nitrogens with one attached hydrogen (secondary N) is 1. The molecule has 3 heterocycles. The Labute approximate surface area is 136 Å². The van der Waals surface area contributed by atoms with E-state index in [1.807, 2.05) is 24.3 Å². The van der Waals surface area contributed by atoms with Crippen molar-refractivity contribution >= 4 is 22.9 Å². The number of fused-ring (bicyclic) bond motifs is 1. The number of aromatic nitrogens is 4. The highest BCUT2D eigenvalue weighted by atomic mass is 32.2. The fourth-order valence-electron chi connectivity index (χ4n) is 2.67. The Hall–Kier alpha value is -2.06. The number of para-hydroxylation sites is 2. The molecular weight excluding hydrogens is 316 g/mol. The van der Waals surface area contributed by atoms with Gasteiger partial charge in [0.15, 0.2) is 10.7 Å². The van der Waals surface area contributed by atoms with Crippen LogP contribution in [0.3, 0.4) is 0 Å². The zero-order valence-electron chi connectivity index (χ0n) is 12.4. The summed E-state index contributed by atoms with van der Waals surface area (Å²) in [5.74, 6) is 1.14. The molecule has 1 unspecified atom stereocenters. The molecule has 1 aliphatic rings. The van der Waals surface area contributed by atoms with Crippen LogP contribution in [0.1, 0.15) is 18.7 Å². The summed E-state index contributed by atoms with van der Waals surface area (Å²) in [4.78, 5) is 16.3. The minimum absolute atomic E-state index is 0.0916. The van der Waals surface area contributed by atoms with Crippen LogP contribution in [0.4, 0.5) is 0 Å². The molecule has 120 valence electrons. The quantitative estimate of drug-likeness (QED) is 0.721. The van der Waals surface area contributed by atoms with E-state index in [9.17, 15) is 4.79 Å². The molecule has 8 heteroatoms. The van der Waals surface area contributed by atoms with E-state index in [-0.39, 0.29) is 11.8 Å². The van der Waals surface area contributed by atoms with Crippen molar-refractivity contribution in [2.45, 2.75) is 36.4 Å². The summed E-state index contributed by atoms with van der Waals surface area (Å²) < 4.78 is 12.9. The van der Waals surface area contributed by atoms with Crippen molar-refractivity contribution in [2.75, 3.05) is 6.61 Å². The monoisotopic (exact) mass is 332 g/mol. The minimum Gasteiger partial charge on any atom is -0.440 e. The molecule has 0 aliphatic carbocycles. The molecule has 4 rings (SSSR count). The predicted molar refractivity (Wildman–Crippen MR) is 85.4 cm³/mol. The standard InChI is InChI=1S/C15H16N4O3S/c20-14-17-18-15(19(14)8-10-4-3-7-21-10)23-9-13-16-11-5-1-2-6-12(11)22-13/h1-2,5-6,10H,3-4,7-9H2,(H,17,20). The van der Waals surface area contributed by atoms with E-state index in [4.69, 9.17) is 9.15 Å². The van der Waals surface area contributed by atoms with Crippen LogP contribution in [0.25, 0.3) is 11.1 Å². The van der Waals surface area contributed by atoms with E-state index in [2.05, 4.69) is 15.2 Å². The average molecular weight is 332 g/mol. The molecular formula is C15H16N4O3S. The molecule has 1 fully saturated rings. The first-order valence-electron chi connectivity index (χ1n) is 7.53. The minimum atomic E-state index is -0.208. The Bertz CT molecular complexity index is 830. The van der Waals surface area contributed by atoms with Gasteiger partial charge in [-0.2, -0.15) is 0 Å². The summed E-state index contributed by atoms with van der Waals surface area (Å²) >= 11 is 1.43. The second kappa shape index (κ2) is 6.21. The van der Waals surface area contributed by atoms with Crippen LogP contribution in [0.2, 0.25) is 0 Å². The molecule has 0 bridgehead atoms. The number of benzene rings is 1. The number of thioether (sulfide) groups is 1. The van der Waals surface area contributed by atoms with E-state index >= 15 is 0 Å². The maximum absolute atomic E-state index is 11.9. The highest BCUT2D eigenvalue weighted by Crippen LogP contribution is 2.23. The summed E-state index contributed by atoms with van der Waals surface area (Å²) in [6, 6.07) is 7.64. The summed E-state index contributed by atoms with van der Waals surface area (Å²) in [5.41, 5.74) is 1.39. The van der Waals surface area contributed by atoms with Gasteiger partial charge in [0.1, 0.15) is 5.52 Å². The van der Waals surface area contributed by atoms with Crippen molar-refractivity contribution in [2.24, 2.45) is 0 Å². The molecule has 1 atom stereocenters. The Morgan fingerprint density at radius 1 is 1.39 bits per heavy atom. The number of ether oxygens (including phenoxy) is 1. The van der Waals surface area contributed by atoms with E-state index in [1.54, 1.807) is 4.57 Å². The number of nitrogens with zero attached hydrogens (tertiary/aromatic N) is 3. The van der Waals surface area contributed by atoms with Gasteiger partial charge in [0.05, 0.1) is 18.4 Å². The maximum Gasteiger partial charge on any atom is 0.344 e. The molecule has 0 amide bonds. The Kier molecular flexibility index (Phi) is 3.92. The van der Waals surface area contributed by atoms with Gasteiger partial charge in [-0.1, -0.05) is 23.9 Å². The van der Waals surface area contributed by atoms with Crippen LogP contribution in [0, 0.1) is 0 Å². The molecule has 1 N–H and O–H groups in total. The smallest absolute Gasteiger partial charge is 0.344 e. The van der Waals surface area contributed by atoms with Crippen molar-refractivity contribution in [1.29, 1.82) is 0 Å². The fourth-order valence-corrected chi connectivity index (χ4v) is 3.47. The number of oxazole rings is 1. The molecule has 0 radical (unpaired) electrons. The van der Waals surface area contributed by atoms with Gasteiger partial charge in [0.25, 0.3) is 0 Å². The van der Waals surface area contributed by atoms with Gasteiger partial charge in [0, 0.05) is 6.61 Å². The first-order chi connectivity index (χ1) is 11.3. The van der Waals surface area contributed by atoms with Crippen LogP contribution in [0.15, 0.2) is 38.6 Å². The van der Waals surface area contributed by atoms with Crippen molar-refractivity contribution in [1.82, 2.24) is 19.7 Å². The molecule has 1 saturated heterocycles. The molecule has 0 spiro atoms. The normalized spacial score (nSPS) is 18.0. The van der Waals surface area contributed by atoms with Gasteiger partial charge in [0.2, 0.25) is 5.89 Å². The van der Waals surface area contributed by atoms with Gasteiger partial charge >= 0.3 is 5.69 Å². The SMILES string of the molecule is O=c1[nH]nc(SCc2nc3ccccc3o2)n1CC1CCCO1. The zero-order valence-corrected chi connectivity index (χ0v) is 13.2. The number of hydrogen-bond donors (Lipinski definition) is 1. The number of hydrogen-bond acceptors (Lipinski definition) is 6. The number of aromatic amines is 1. The van der Waals surface area contributed by atoms with E-state index in [0.717, 1.165) is 30.5 Å². The van der Waals surface area contributed by atoms with Gasteiger partial charge in [-0.05, 0) is 25.0 Å². The van der Waals surface area contributed by atoms with Gasteiger partial charge in [-0.15, -0.1) is 5.10 Å². The highest BCUT2D eigenvalue weighted by molar-refractivity contribution is 7.98. The van der Waals surface area contributed by atoms with Crippen molar-refractivity contribution in [3.05, 3.63) is 40.6 Å². The number of H-pyrrole nitrogens is 1. The topological polar surface area (TPSA) is 85.9 Å². The molecule has 3 aromatic rings. The van der Waals surface area contributed by atoms with Crippen molar-refractivity contribution < 1.29 is 9.15 Å². The molecule has 23 heavy (non-hydrogen) atoms. The molecule has 7 nitrogen and oxygen atoms in total. The van der Waals surface area contributed by atoms with Crippen LogP contribution in [-0.4, -0.2) is 32.5 Å². The van der Waals surface area contributed by atoms with Gasteiger partial charge in [-0.25, -0.2) is 14.9 Å². The predicted octanol–water partition coefficient (Wildman–Crippen LogP) is 2.18. The van der Waals surface area contributed by atoms with E-state index in [0.29, 0.717) is 23.3 Å². The van der Waals surface area contributed by atoms with Crippen LogP contribution >= 0.6 is 11.8 Å². The Morgan fingerprint density at radius 3 is 3.13 bits per heavy atom. The Balaban J connectivity index is 1.49. The lowest BCUT2D eigenvalue weighted by atomic mass is 10.2. The van der Waals surface area contributed by atoms with Crippen LogP contribution < -0.4 is 5.69 Å². The summed E-state index contributed by atoms with van der Waals surface area (Å²) in [6.45, 7) is 1.30. The first kappa shape index (κ1) is 14.5. The Morgan fingerprint density at radius 2 is 2.30 bits per heavy atom. The molecule has 1 aliphatic heterocycles. The fraction of sp³-hybridized carbons (Fsp3) is 0.400. The van der Waals surface area contributed by atoms with E-state index < -0.39 is 0 Å². The van der Waals surface area contributed by atoms with Crippen LogP contribution in [0.5, 0.6) is 0 Å². The highest BCUT2D eigenvalue weighted by Gasteiger charge is 2.20. The third-order valence-corrected chi connectivity index (χ3v) is 4.76.